The molecule has 2 aromatic heterocycles. The molecule has 2 aliphatic carbocycles. The Balaban J connectivity index is 0.00000240. The van der Waals surface area contributed by atoms with Gasteiger partial charge in [0.2, 0.25) is 5.95 Å². The minimum Gasteiger partial charge on any atom is -0.365 e. The van der Waals surface area contributed by atoms with Crippen molar-refractivity contribution in [1.82, 2.24) is 24.6 Å². The van der Waals surface area contributed by atoms with E-state index in [1.807, 2.05) is 11.6 Å². The Morgan fingerprint density at radius 2 is 1.61 bits per heavy atom. The van der Waals surface area contributed by atoms with Gasteiger partial charge in [-0.3, -0.25) is 5.32 Å². The van der Waals surface area contributed by atoms with E-state index in [1.165, 1.54) is 17.9 Å². The van der Waals surface area contributed by atoms with Crippen molar-refractivity contribution in [3.05, 3.63) is 35.9 Å². The second kappa shape index (κ2) is 15.2. The first-order chi connectivity index (χ1) is 21.1. The summed E-state index contributed by atoms with van der Waals surface area (Å²) in [6.45, 7) is 0.624. The largest absolute Gasteiger partial charge is 0.430 e. The number of benzene rings is 1. The SMILES string of the molecule is Cl.Cl.N[C@H]1CC[C@H](Nc2nc(NC3CCN(OC(=O)Nc4c(F)cccc4C(F)(F)F)CC3)c3ncn(C4CCCC4)c3n2)CC1. The number of hydrogen-bond acceptors (Lipinski definition) is 9. The summed E-state index contributed by atoms with van der Waals surface area (Å²) in [5.41, 5.74) is 5.32. The van der Waals surface area contributed by atoms with Crippen molar-refractivity contribution in [3.8, 4) is 0 Å². The van der Waals surface area contributed by atoms with Crippen molar-refractivity contribution in [1.29, 1.82) is 0 Å². The average Bonchev–Trinajstić information content (AvgIpc) is 3.66. The molecule has 0 atom stereocenters. The predicted octanol–water partition coefficient (Wildman–Crippen LogP) is 6.66. The molecule has 1 saturated heterocycles. The van der Waals surface area contributed by atoms with E-state index >= 15 is 0 Å². The van der Waals surface area contributed by atoms with Crippen LogP contribution in [-0.2, 0) is 11.0 Å². The van der Waals surface area contributed by atoms with E-state index in [-0.39, 0.29) is 42.9 Å². The highest BCUT2D eigenvalue weighted by molar-refractivity contribution is 5.86. The highest BCUT2D eigenvalue weighted by Crippen LogP contribution is 2.37. The molecule has 11 nitrogen and oxygen atoms in total. The molecular weight excluding hydrogens is 653 g/mol. The number of para-hydroxylation sites is 1. The van der Waals surface area contributed by atoms with Gasteiger partial charge >= 0.3 is 12.3 Å². The molecule has 2 saturated carbocycles. The zero-order valence-corrected chi connectivity index (χ0v) is 26.7. The van der Waals surface area contributed by atoms with Crippen LogP contribution in [0.5, 0.6) is 0 Å². The first-order valence-corrected chi connectivity index (χ1v) is 15.3. The molecule has 1 amide bonds. The summed E-state index contributed by atoms with van der Waals surface area (Å²) in [5.74, 6) is -0.0331. The number of nitrogens with one attached hydrogen (secondary N) is 3. The summed E-state index contributed by atoms with van der Waals surface area (Å²) >= 11 is 0. The van der Waals surface area contributed by atoms with E-state index in [4.69, 9.17) is 20.5 Å². The zero-order chi connectivity index (χ0) is 30.8. The molecule has 3 aliphatic rings. The Bertz CT molecular complexity index is 1470. The number of rotatable bonds is 7. The summed E-state index contributed by atoms with van der Waals surface area (Å²) < 4.78 is 56.2. The van der Waals surface area contributed by atoms with Crippen molar-refractivity contribution < 1.29 is 27.2 Å². The number of amides is 1. The minimum atomic E-state index is -4.84. The van der Waals surface area contributed by atoms with Crippen LogP contribution in [0.2, 0.25) is 0 Å². The van der Waals surface area contributed by atoms with Gasteiger partial charge in [0.05, 0.1) is 17.6 Å². The first-order valence-electron chi connectivity index (χ1n) is 15.3. The second-order valence-corrected chi connectivity index (χ2v) is 11.9. The number of hydroxylamine groups is 2. The standard InChI is InChI=1S/C29H37F4N9O2.2ClH/c30-22-7-3-6-21(29(31,32)33)23(22)38-28(43)44-41-14-12-19(13-15-41)36-25-24-26(42(16-35-24)20-4-1-2-5-20)40-27(39-25)37-18-10-8-17(34)9-11-18;;/h3,6-7,16-20H,1-2,4-5,8-15,34H2,(H,38,43)(H2,36,37,39,40);2*1H/t17-,18-;;. The number of aromatic nitrogens is 4. The normalized spacial score (nSPS) is 21.3. The van der Waals surface area contributed by atoms with E-state index in [1.54, 1.807) is 0 Å². The van der Waals surface area contributed by atoms with E-state index in [9.17, 15) is 22.4 Å². The summed E-state index contributed by atoms with van der Waals surface area (Å²) in [4.78, 5) is 32.0. The summed E-state index contributed by atoms with van der Waals surface area (Å²) in [6.07, 6.45) is 5.25. The van der Waals surface area contributed by atoms with Gasteiger partial charge in [-0.2, -0.15) is 23.1 Å². The summed E-state index contributed by atoms with van der Waals surface area (Å²) in [7, 11) is 0. The Morgan fingerprint density at radius 3 is 2.28 bits per heavy atom. The third kappa shape index (κ3) is 8.22. The van der Waals surface area contributed by atoms with Crippen LogP contribution in [0.25, 0.3) is 11.2 Å². The van der Waals surface area contributed by atoms with Crippen LogP contribution in [0.3, 0.4) is 0 Å². The molecule has 1 aliphatic heterocycles. The number of halogens is 6. The maximum Gasteiger partial charge on any atom is 0.430 e. The van der Waals surface area contributed by atoms with Gasteiger partial charge in [-0.25, -0.2) is 14.2 Å². The van der Waals surface area contributed by atoms with E-state index in [0.717, 1.165) is 56.3 Å². The maximum atomic E-state index is 14.1. The van der Waals surface area contributed by atoms with Gasteiger partial charge in [0, 0.05) is 37.3 Å². The number of piperidine rings is 1. The van der Waals surface area contributed by atoms with Crippen LogP contribution in [0.15, 0.2) is 24.5 Å². The van der Waals surface area contributed by atoms with Gasteiger partial charge in [0.1, 0.15) is 5.82 Å². The van der Waals surface area contributed by atoms with Crippen molar-refractivity contribution in [2.45, 2.75) is 94.6 Å². The van der Waals surface area contributed by atoms with E-state index < -0.39 is 29.3 Å². The van der Waals surface area contributed by atoms with Crippen molar-refractivity contribution in [2.75, 3.05) is 29.0 Å². The lowest BCUT2D eigenvalue weighted by atomic mass is 9.92. The highest BCUT2D eigenvalue weighted by Gasteiger charge is 2.36. The number of nitrogens with two attached hydrogens (primary N) is 1. The van der Waals surface area contributed by atoms with Crippen molar-refractivity contribution >= 4 is 59.5 Å². The molecule has 3 aromatic rings. The molecular formula is C29H39Cl2F4N9O2. The van der Waals surface area contributed by atoms with Crippen molar-refractivity contribution in [3.63, 3.8) is 0 Å². The summed E-state index contributed by atoms with van der Waals surface area (Å²) in [6, 6.07) is 3.27. The number of hydrogen-bond donors (Lipinski definition) is 4. The van der Waals surface area contributed by atoms with Crippen molar-refractivity contribution in [2.24, 2.45) is 5.73 Å². The smallest absolute Gasteiger partial charge is 0.365 e. The number of alkyl halides is 3. The number of carbonyl (C=O) groups excluding carboxylic acids is 1. The molecule has 0 spiro atoms. The molecule has 0 radical (unpaired) electrons. The maximum absolute atomic E-state index is 14.1. The third-order valence-corrected chi connectivity index (χ3v) is 8.80. The van der Waals surface area contributed by atoms with Gasteiger partial charge in [0.15, 0.2) is 17.0 Å². The Hall–Kier alpha value is -3.14. The van der Waals surface area contributed by atoms with Crippen LogP contribution in [0, 0.1) is 5.82 Å². The minimum absolute atomic E-state index is 0. The summed E-state index contributed by atoms with van der Waals surface area (Å²) in [5, 5.41) is 10.3. The Morgan fingerprint density at radius 1 is 0.935 bits per heavy atom. The molecule has 254 valence electrons. The highest BCUT2D eigenvalue weighted by atomic mass is 35.5. The van der Waals surface area contributed by atoms with Crippen LogP contribution >= 0.6 is 24.8 Å². The van der Waals surface area contributed by atoms with Crippen LogP contribution in [0.1, 0.15) is 75.8 Å². The van der Waals surface area contributed by atoms with Gasteiger partial charge in [-0.05, 0) is 63.5 Å². The second-order valence-electron chi connectivity index (χ2n) is 11.9. The van der Waals surface area contributed by atoms with E-state index in [0.29, 0.717) is 55.3 Å². The fraction of sp³-hybridized carbons (Fsp3) is 0.586. The van der Waals surface area contributed by atoms with Gasteiger partial charge in [0.25, 0.3) is 0 Å². The van der Waals surface area contributed by atoms with E-state index in [2.05, 4.69) is 20.2 Å². The Kier molecular flexibility index (Phi) is 11.8. The number of imidazole rings is 1. The quantitative estimate of drug-likeness (QED) is 0.201. The number of anilines is 3. The lowest BCUT2D eigenvalue weighted by molar-refractivity contribution is -0.137. The topological polar surface area (TPSA) is 135 Å². The average molecular weight is 693 g/mol. The fourth-order valence-corrected chi connectivity index (χ4v) is 6.39. The van der Waals surface area contributed by atoms with Crippen LogP contribution in [0.4, 0.5) is 39.8 Å². The Labute approximate surface area is 276 Å². The van der Waals surface area contributed by atoms with Gasteiger partial charge in [-0.1, -0.05) is 18.9 Å². The first kappa shape index (κ1) is 35.7. The number of carbonyl (C=O) groups is 1. The lowest BCUT2D eigenvalue weighted by Crippen LogP contribution is -2.41. The molecule has 0 bridgehead atoms. The van der Waals surface area contributed by atoms with Gasteiger partial charge in [-0.15, -0.1) is 29.9 Å². The third-order valence-electron chi connectivity index (χ3n) is 8.80. The fourth-order valence-electron chi connectivity index (χ4n) is 6.39. The molecule has 0 unspecified atom stereocenters. The molecule has 3 heterocycles. The van der Waals surface area contributed by atoms with Gasteiger partial charge < -0.3 is 25.8 Å². The number of fused-ring (bicyclic) bond motifs is 1. The zero-order valence-electron chi connectivity index (χ0n) is 25.1. The monoisotopic (exact) mass is 691 g/mol. The molecule has 46 heavy (non-hydrogen) atoms. The molecule has 1 aromatic carbocycles. The van der Waals surface area contributed by atoms with Crippen LogP contribution in [-0.4, -0.2) is 61.9 Å². The molecule has 17 heteroatoms. The molecule has 5 N–H and O–H groups in total. The predicted molar refractivity (Wildman–Crippen MR) is 171 cm³/mol. The number of nitrogens with zero attached hydrogens (tertiary/aromatic N) is 5. The van der Waals surface area contributed by atoms with Crippen LogP contribution < -0.4 is 21.7 Å². The molecule has 6 rings (SSSR count). The molecule has 3 fully saturated rings. The lowest BCUT2D eigenvalue weighted by Gasteiger charge is -2.31.